The van der Waals surface area contributed by atoms with Crippen LogP contribution in [0.2, 0.25) is 0 Å². The summed E-state index contributed by atoms with van der Waals surface area (Å²) in [6.07, 6.45) is 7.15. The highest BCUT2D eigenvalue weighted by molar-refractivity contribution is 5.81. The maximum absolute atomic E-state index is 12.0. The summed E-state index contributed by atoms with van der Waals surface area (Å²) >= 11 is 0. The van der Waals surface area contributed by atoms with Crippen LogP contribution in [0.1, 0.15) is 66.2 Å². The van der Waals surface area contributed by atoms with Crippen LogP contribution >= 0.6 is 0 Å². The van der Waals surface area contributed by atoms with Crippen molar-refractivity contribution in [2.24, 2.45) is 11.3 Å². The minimum Gasteiger partial charge on any atom is -0.358 e. The number of rotatable bonds is 5. The maximum Gasteiger partial charge on any atom is 0.236 e. The first kappa shape index (κ1) is 16.5. The third-order valence-corrected chi connectivity index (χ3v) is 4.28. The van der Waals surface area contributed by atoms with Crippen LogP contribution in [0.25, 0.3) is 0 Å². The Morgan fingerprint density at radius 2 is 1.95 bits per heavy atom. The summed E-state index contributed by atoms with van der Waals surface area (Å²) < 4.78 is 0. The molecule has 2 N–H and O–H groups in total. The second-order valence-corrected chi connectivity index (χ2v) is 7.26. The predicted molar refractivity (Wildman–Crippen MR) is 81.1 cm³/mol. The lowest BCUT2D eigenvalue weighted by Gasteiger charge is -2.26. The van der Waals surface area contributed by atoms with E-state index in [4.69, 9.17) is 0 Å². The third kappa shape index (κ3) is 5.94. The molecule has 0 saturated heterocycles. The van der Waals surface area contributed by atoms with E-state index < -0.39 is 0 Å². The highest BCUT2D eigenvalue weighted by atomic mass is 16.2. The van der Waals surface area contributed by atoms with E-state index in [1.165, 1.54) is 32.1 Å². The Balaban J connectivity index is 2.55. The van der Waals surface area contributed by atoms with Gasteiger partial charge in [0.25, 0.3) is 0 Å². The SMILES string of the molecule is CNC(=O)C(CC(C)C)NC1CCCC(C)(C)CC1. The molecule has 2 atom stereocenters. The standard InChI is InChI=1S/C16H32N2O/c1-12(2)11-14(15(19)17-5)18-13-7-6-9-16(3,4)10-8-13/h12-14,18H,6-11H2,1-5H3,(H,17,19). The predicted octanol–water partition coefficient (Wildman–Crippen LogP) is 3.10. The zero-order valence-corrected chi connectivity index (χ0v) is 13.4. The minimum atomic E-state index is -0.0313. The van der Waals surface area contributed by atoms with Gasteiger partial charge in [0.2, 0.25) is 5.91 Å². The van der Waals surface area contributed by atoms with Crippen LogP contribution < -0.4 is 10.6 Å². The first-order chi connectivity index (χ1) is 8.84. The molecule has 1 fully saturated rings. The fourth-order valence-corrected chi connectivity index (χ4v) is 3.01. The van der Waals surface area contributed by atoms with Crippen molar-refractivity contribution in [2.45, 2.75) is 78.3 Å². The van der Waals surface area contributed by atoms with Gasteiger partial charge in [0.15, 0.2) is 0 Å². The zero-order chi connectivity index (χ0) is 14.5. The number of carbonyl (C=O) groups excluding carboxylic acids is 1. The Morgan fingerprint density at radius 1 is 1.26 bits per heavy atom. The molecule has 2 unspecified atom stereocenters. The molecule has 112 valence electrons. The molecule has 1 amide bonds. The van der Waals surface area contributed by atoms with Crippen molar-refractivity contribution in [3.63, 3.8) is 0 Å². The average molecular weight is 268 g/mol. The van der Waals surface area contributed by atoms with Gasteiger partial charge in [0.1, 0.15) is 0 Å². The number of likely N-dealkylation sites (N-methyl/N-ethyl adjacent to an activating group) is 1. The molecular formula is C16H32N2O. The van der Waals surface area contributed by atoms with E-state index in [2.05, 4.69) is 38.3 Å². The number of nitrogens with one attached hydrogen (secondary N) is 2. The van der Waals surface area contributed by atoms with Gasteiger partial charge >= 0.3 is 0 Å². The fraction of sp³-hybridized carbons (Fsp3) is 0.938. The lowest BCUT2D eigenvalue weighted by Crippen LogP contribution is -2.48. The molecule has 1 aliphatic carbocycles. The molecule has 1 aliphatic rings. The summed E-state index contributed by atoms with van der Waals surface area (Å²) in [5.41, 5.74) is 0.469. The molecule has 1 rings (SSSR count). The monoisotopic (exact) mass is 268 g/mol. The van der Waals surface area contributed by atoms with Gasteiger partial charge in [-0.05, 0) is 43.4 Å². The first-order valence-electron chi connectivity index (χ1n) is 7.81. The lowest BCUT2D eigenvalue weighted by molar-refractivity contribution is -0.123. The Kier molecular flexibility index (Phi) is 6.31. The third-order valence-electron chi connectivity index (χ3n) is 4.28. The maximum atomic E-state index is 12.0. The van der Waals surface area contributed by atoms with Gasteiger partial charge in [-0.2, -0.15) is 0 Å². The van der Waals surface area contributed by atoms with Crippen LogP contribution in [0.4, 0.5) is 0 Å². The molecule has 0 aromatic heterocycles. The molecule has 0 aromatic rings. The van der Waals surface area contributed by atoms with E-state index in [1.54, 1.807) is 7.05 Å². The van der Waals surface area contributed by atoms with Gasteiger partial charge in [-0.3, -0.25) is 4.79 Å². The van der Waals surface area contributed by atoms with Crippen LogP contribution in [0.5, 0.6) is 0 Å². The van der Waals surface area contributed by atoms with E-state index in [-0.39, 0.29) is 11.9 Å². The van der Waals surface area contributed by atoms with Gasteiger partial charge in [0.05, 0.1) is 6.04 Å². The summed E-state index contributed by atoms with van der Waals surface area (Å²) in [7, 11) is 1.73. The highest BCUT2D eigenvalue weighted by Gasteiger charge is 2.27. The van der Waals surface area contributed by atoms with Crippen molar-refractivity contribution in [1.82, 2.24) is 10.6 Å². The van der Waals surface area contributed by atoms with E-state index >= 15 is 0 Å². The number of carbonyl (C=O) groups is 1. The van der Waals surface area contributed by atoms with Crippen molar-refractivity contribution < 1.29 is 4.79 Å². The first-order valence-corrected chi connectivity index (χ1v) is 7.81. The van der Waals surface area contributed by atoms with E-state index in [0.717, 1.165) is 6.42 Å². The molecule has 0 bridgehead atoms. The second kappa shape index (κ2) is 7.28. The average Bonchev–Trinajstić information content (AvgIpc) is 2.48. The molecule has 0 heterocycles. The quantitative estimate of drug-likeness (QED) is 0.752. The molecule has 1 saturated carbocycles. The largest absolute Gasteiger partial charge is 0.358 e. The summed E-state index contributed by atoms with van der Waals surface area (Å²) in [6, 6.07) is 0.471. The molecule has 3 nitrogen and oxygen atoms in total. The van der Waals surface area contributed by atoms with E-state index in [1.807, 2.05) is 0 Å². The molecule has 0 aromatic carbocycles. The van der Waals surface area contributed by atoms with Gasteiger partial charge in [0, 0.05) is 13.1 Å². The van der Waals surface area contributed by atoms with Crippen molar-refractivity contribution in [2.75, 3.05) is 7.05 Å². The van der Waals surface area contributed by atoms with Crippen LogP contribution in [0.15, 0.2) is 0 Å². The molecular weight excluding hydrogens is 236 g/mol. The molecule has 3 heteroatoms. The van der Waals surface area contributed by atoms with Gasteiger partial charge in [-0.15, -0.1) is 0 Å². The van der Waals surface area contributed by atoms with Crippen molar-refractivity contribution in [3.05, 3.63) is 0 Å². The summed E-state index contributed by atoms with van der Waals surface area (Å²) in [5.74, 6) is 0.675. The fourth-order valence-electron chi connectivity index (χ4n) is 3.01. The van der Waals surface area contributed by atoms with E-state index in [0.29, 0.717) is 17.4 Å². The van der Waals surface area contributed by atoms with Crippen molar-refractivity contribution in [1.29, 1.82) is 0 Å². The smallest absolute Gasteiger partial charge is 0.236 e. The van der Waals surface area contributed by atoms with Crippen molar-refractivity contribution in [3.8, 4) is 0 Å². The lowest BCUT2D eigenvalue weighted by atomic mass is 9.85. The van der Waals surface area contributed by atoms with Gasteiger partial charge < -0.3 is 10.6 Å². The molecule has 0 aliphatic heterocycles. The van der Waals surface area contributed by atoms with Crippen molar-refractivity contribution >= 4 is 5.91 Å². The van der Waals surface area contributed by atoms with Crippen LogP contribution in [0, 0.1) is 11.3 Å². The Labute approximate surface area is 118 Å². The van der Waals surface area contributed by atoms with Crippen LogP contribution in [-0.2, 0) is 4.79 Å². The van der Waals surface area contributed by atoms with Crippen LogP contribution in [-0.4, -0.2) is 25.0 Å². The summed E-state index contributed by atoms with van der Waals surface area (Å²) in [4.78, 5) is 12.0. The molecule has 19 heavy (non-hydrogen) atoms. The number of amides is 1. The second-order valence-electron chi connectivity index (χ2n) is 7.26. The van der Waals surface area contributed by atoms with Gasteiger partial charge in [-0.1, -0.05) is 34.1 Å². The highest BCUT2D eigenvalue weighted by Crippen LogP contribution is 2.33. The number of hydrogen-bond donors (Lipinski definition) is 2. The molecule has 0 spiro atoms. The van der Waals surface area contributed by atoms with E-state index in [9.17, 15) is 4.79 Å². The summed E-state index contributed by atoms with van der Waals surface area (Å²) in [6.45, 7) is 9.07. The zero-order valence-electron chi connectivity index (χ0n) is 13.4. The van der Waals surface area contributed by atoms with Crippen LogP contribution in [0.3, 0.4) is 0 Å². The molecule has 0 radical (unpaired) electrons. The Bertz CT molecular complexity index is 286. The Hall–Kier alpha value is -0.570. The minimum absolute atomic E-state index is 0.0313. The number of hydrogen-bond acceptors (Lipinski definition) is 2. The Morgan fingerprint density at radius 3 is 2.53 bits per heavy atom. The topological polar surface area (TPSA) is 41.1 Å². The van der Waals surface area contributed by atoms with Gasteiger partial charge in [-0.25, -0.2) is 0 Å². The normalized spacial score (nSPS) is 24.8. The summed E-state index contributed by atoms with van der Waals surface area (Å²) in [5, 5.41) is 6.39.